The van der Waals surface area contributed by atoms with E-state index in [9.17, 15) is 0 Å². The number of thiophene rings is 1. The van der Waals surface area contributed by atoms with Crippen molar-refractivity contribution in [2.24, 2.45) is 0 Å². The summed E-state index contributed by atoms with van der Waals surface area (Å²) in [7, 11) is 1.68. The van der Waals surface area contributed by atoms with Gasteiger partial charge in [0.1, 0.15) is 5.75 Å². The van der Waals surface area contributed by atoms with Crippen molar-refractivity contribution in [3.63, 3.8) is 0 Å². The number of benzene rings is 1. The Kier molecular flexibility index (Phi) is 4.69. The van der Waals surface area contributed by atoms with Crippen molar-refractivity contribution >= 4 is 40.9 Å². The van der Waals surface area contributed by atoms with Crippen LogP contribution in [0.15, 0.2) is 41.8 Å². The van der Waals surface area contributed by atoms with Gasteiger partial charge in [-0.15, -0.1) is 11.3 Å². The van der Waals surface area contributed by atoms with Crippen molar-refractivity contribution < 1.29 is 4.74 Å². The molecule has 0 aliphatic rings. The third kappa shape index (κ3) is 2.61. The number of methoxy groups -OCH3 is 1. The monoisotopic (exact) mass is 214 g/mol. The third-order valence-electron chi connectivity index (χ3n) is 1.90. The number of hydrogen-bond acceptors (Lipinski definition) is 2. The van der Waals surface area contributed by atoms with E-state index in [1.807, 2.05) is 12.1 Å². The quantitative estimate of drug-likeness (QED) is 0.698. The van der Waals surface area contributed by atoms with E-state index in [1.165, 1.54) is 10.4 Å². The van der Waals surface area contributed by atoms with E-state index in [-0.39, 0.29) is 29.6 Å². The summed E-state index contributed by atoms with van der Waals surface area (Å²) in [6.45, 7) is 0. The normalized spacial score (nSPS) is 9.21. The number of hydrogen-bond donors (Lipinski definition) is 0. The Labute approximate surface area is 110 Å². The molecule has 0 amide bonds. The van der Waals surface area contributed by atoms with Crippen molar-refractivity contribution in [2.45, 2.75) is 0 Å². The summed E-state index contributed by atoms with van der Waals surface area (Å²) in [6.07, 6.45) is 0. The number of ether oxygens (including phenoxy) is 1. The standard InChI is InChI=1S/C11H10OS.Na.H/c1-12-10-6-4-9(5-7-10)11-3-2-8-13-11;;/h2-8H,1H3;;. The summed E-state index contributed by atoms with van der Waals surface area (Å²) in [5, 5.41) is 2.08. The molecule has 2 aromatic rings. The van der Waals surface area contributed by atoms with Crippen molar-refractivity contribution in [1.29, 1.82) is 0 Å². The fourth-order valence-corrected chi connectivity index (χ4v) is 1.93. The molecule has 1 nitrogen and oxygen atoms in total. The van der Waals surface area contributed by atoms with Gasteiger partial charge < -0.3 is 4.74 Å². The van der Waals surface area contributed by atoms with Crippen molar-refractivity contribution in [3.05, 3.63) is 41.8 Å². The van der Waals surface area contributed by atoms with Gasteiger partial charge in [-0.05, 0) is 41.3 Å². The molecule has 0 atom stereocenters. The molecule has 0 spiro atoms. The molecule has 1 aromatic carbocycles. The van der Waals surface area contributed by atoms with E-state index in [2.05, 4.69) is 29.6 Å². The zero-order valence-electron chi connectivity index (χ0n) is 7.36. The second kappa shape index (κ2) is 5.56. The van der Waals surface area contributed by atoms with Crippen LogP contribution in [0.25, 0.3) is 10.4 Å². The van der Waals surface area contributed by atoms with E-state index in [4.69, 9.17) is 4.74 Å². The van der Waals surface area contributed by atoms with E-state index >= 15 is 0 Å². The van der Waals surface area contributed by atoms with Crippen LogP contribution in [0.4, 0.5) is 0 Å². The molecule has 0 aliphatic heterocycles. The van der Waals surface area contributed by atoms with Gasteiger partial charge in [0.2, 0.25) is 0 Å². The zero-order valence-corrected chi connectivity index (χ0v) is 8.17. The molecule has 0 unspecified atom stereocenters. The van der Waals surface area contributed by atoms with Gasteiger partial charge in [-0.1, -0.05) is 6.07 Å². The summed E-state index contributed by atoms with van der Waals surface area (Å²) in [6, 6.07) is 12.3. The molecule has 1 heterocycles. The molecule has 0 saturated carbocycles. The molecule has 14 heavy (non-hydrogen) atoms. The summed E-state index contributed by atoms with van der Waals surface area (Å²) in [5.74, 6) is 0.903. The molecule has 0 N–H and O–H groups in total. The molecule has 0 radical (unpaired) electrons. The third-order valence-corrected chi connectivity index (χ3v) is 2.81. The average Bonchev–Trinajstić information content (AvgIpc) is 2.71. The average molecular weight is 214 g/mol. The van der Waals surface area contributed by atoms with Gasteiger partial charge in [0.05, 0.1) is 7.11 Å². The Morgan fingerprint density at radius 2 is 1.79 bits per heavy atom. The van der Waals surface area contributed by atoms with Crippen LogP contribution < -0.4 is 4.74 Å². The van der Waals surface area contributed by atoms with Crippen molar-refractivity contribution in [3.8, 4) is 16.2 Å². The van der Waals surface area contributed by atoms with Crippen LogP contribution >= 0.6 is 11.3 Å². The van der Waals surface area contributed by atoms with Crippen LogP contribution in [0.5, 0.6) is 5.75 Å². The second-order valence-corrected chi connectivity index (χ2v) is 3.65. The first-order valence-electron chi connectivity index (χ1n) is 4.08. The van der Waals surface area contributed by atoms with Crippen LogP contribution in [-0.2, 0) is 0 Å². The fourth-order valence-electron chi connectivity index (χ4n) is 1.20. The molecular formula is C11H11NaOS. The molecule has 0 bridgehead atoms. The first-order valence-corrected chi connectivity index (χ1v) is 4.96. The summed E-state index contributed by atoms with van der Waals surface area (Å²) < 4.78 is 5.09. The van der Waals surface area contributed by atoms with Crippen LogP contribution in [-0.4, -0.2) is 36.7 Å². The van der Waals surface area contributed by atoms with Gasteiger partial charge in [-0.3, -0.25) is 0 Å². The molecule has 0 aliphatic carbocycles. The van der Waals surface area contributed by atoms with Gasteiger partial charge in [0, 0.05) is 4.88 Å². The van der Waals surface area contributed by atoms with Crippen LogP contribution in [0.3, 0.4) is 0 Å². The molecule has 2 rings (SSSR count). The van der Waals surface area contributed by atoms with E-state index in [0.29, 0.717) is 0 Å². The first-order chi connectivity index (χ1) is 6.40. The molecule has 3 heteroatoms. The minimum atomic E-state index is 0. The Morgan fingerprint density at radius 1 is 1.07 bits per heavy atom. The molecule has 0 saturated heterocycles. The maximum atomic E-state index is 5.09. The predicted molar refractivity (Wildman–Crippen MR) is 63.5 cm³/mol. The summed E-state index contributed by atoms with van der Waals surface area (Å²) >= 11 is 1.75. The Morgan fingerprint density at radius 3 is 2.29 bits per heavy atom. The van der Waals surface area contributed by atoms with Gasteiger partial charge in [-0.2, -0.15) is 0 Å². The van der Waals surface area contributed by atoms with E-state index < -0.39 is 0 Å². The maximum absolute atomic E-state index is 5.09. The first kappa shape index (κ1) is 11.8. The second-order valence-electron chi connectivity index (χ2n) is 2.71. The van der Waals surface area contributed by atoms with E-state index in [1.54, 1.807) is 18.4 Å². The van der Waals surface area contributed by atoms with Crippen molar-refractivity contribution in [2.75, 3.05) is 7.11 Å². The molecule has 68 valence electrons. The van der Waals surface area contributed by atoms with Crippen LogP contribution in [0, 0.1) is 0 Å². The molecule has 1 aromatic heterocycles. The Hall–Kier alpha value is -0.280. The van der Waals surface area contributed by atoms with Gasteiger partial charge in [-0.25, -0.2) is 0 Å². The summed E-state index contributed by atoms with van der Waals surface area (Å²) in [5.41, 5.74) is 1.25. The number of rotatable bonds is 2. The zero-order chi connectivity index (χ0) is 9.10. The Balaban J connectivity index is 0.000000980. The van der Waals surface area contributed by atoms with Gasteiger partial charge in [0.15, 0.2) is 0 Å². The van der Waals surface area contributed by atoms with Crippen LogP contribution in [0.2, 0.25) is 0 Å². The van der Waals surface area contributed by atoms with Gasteiger partial charge >= 0.3 is 29.6 Å². The Bertz CT molecular complexity index is 367. The topological polar surface area (TPSA) is 9.23 Å². The van der Waals surface area contributed by atoms with Gasteiger partial charge in [0.25, 0.3) is 0 Å². The minimum absolute atomic E-state index is 0. The van der Waals surface area contributed by atoms with Crippen molar-refractivity contribution in [1.82, 2.24) is 0 Å². The van der Waals surface area contributed by atoms with Crippen LogP contribution in [0.1, 0.15) is 0 Å². The SMILES string of the molecule is COc1ccc(-c2cccs2)cc1.[NaH]. The van der Waals surface area contributed by atoms with E-state index in [0.717, 1.165) is 5.75 Å². The molecule has 0 fully saturated rings. The predicted octanol–water partition coefficient (Wildman–Crippen LogP) is 2.78. The molecular weight excluding hydrogens is 203 g/mol. The summed E-state index contributed by atoms with van der Waals surface area (Å²) in [4.78, 5) is 1.29. The fraction of sp³-hybridized carbons (Fsp3) is 0.0909.